The highest BCUT2D eigenvalue weighted by Crippen LogP contribution is 2.32. The van der Waals surface area contributed by atoms with Crippen LogP contribution in [0, 0.1) is 0 Å². The molecule has 2 amide bonds. The molecule has 0 saturated heterocycles. The number of hydrogen-bond donors (Lipinski definition) is 0. The number of fused-ring (bicyclic) bond motifs is 2. The van der Waals surface area contributed by atoms with Gasteiger partial charge in [0.1, 0.15) is 7.85 Å². The van der Waals surface area contributed by atoms with Crippen molar-refractivity contribution in [3.8, 4) is 0 Å². The molecule has 0 fully saturated rings. The molecular formula is C20H22BN5O2. The Morgan fingerprint density at radius 2 is 2.07 bits per heavy atom. The molecule has 3 heterocycles. The maximum Gasteiger partial charge on any atom is 0.274 e. The van der Waals surface area contributed by atoms with Gasteiger partial charge in [-0.15, -0.1) is 0 Å². The standard InChI is InChI=1S/C20H22BN5O2/c1-12-14-5-4-6-16(19(27)24(2)3)15(14)7-8-25(12)20(28)17-9-18-22-10-13(21)11-26(18)23-17/h4-6,9-12H,7-8,21H2,1-3H3. The number of nitrogens with zero attached hydrogens (tertiary/aromatic N) is 5. The highest BCUT2D eigenvalue weighted by molar-refractivity contribution is 6.31. The molecule has 0 spiro atoms. The zero-order chi connectivity index (χ0) is 20.0. The molecule has 28 heavy (non-hydrogen) atoms. The largest absolute Gasteiger partial charge is 0.345 e. The first kappa shape index (κ1) is 18.2. The van der Waals surface area contributed by atoms with Crippen molar-refractivity contribution in [3.63, 3.8) is 0 Å². The van der Waals surface area contributed by atoms with Crippen LogP contribution in [-0.4, -0.2) is 64.7 Å². The molecule has 3 aromatic rings. The molecule has 0 radical (unpaired) electrons. The minimum absolute atomic E-state index is 0.00868. The molecule has 4 rings (SSSR count). The summed E-state index contributed by atoms with van der Waals surface area (Å²) >= 11 is 0. The number of benzene rings is 1. The average Bonchev–Trinajstić information content (AvgIpc) is 3.10. The Morgan fingerprint density at radius 3 is 2.82 bits per heavy atom. The third kappa shape index (κ3) is 2.94. The van der Waals surface area contributed by atoms with Crippen LogP contribution in [0.25, 0.3) is 5.65 Å². The van der Waals surface area contributed by atoms with Crippen LogP contribution in [0.15, 0.2) is 36.7 Å². The third-order valence-electron chi connectivity index (χ3n) is 5.29. The Kier molecular flexibility index (Phi) is 4.41. The van der Waals surface area contributed by atoms with Gasteiger partial charge in [-0.3, -0.25) is 9.59 Å². The number of hydrogen-bond acceptors (Lipinski definition) is 4. The van der Waals surface area contributed by atoms with Crippen molar-refractivity contribution in [2.75, 3.05) is 20.6 Å². The Morgan fingerprint density at radius 1 is 1.29 bits per heavy atom. The van der Waals surface area contributed by atoms with Gasteiger partial charge < -0.3 is 9.80 Å². The van der Waals surface area contributed by atoms with Gasteiger partial charge in [-0.1, -0.05) is 17.6 Å². The Bertz CT molecular complexity index is 1090. The van der Waals surface area contributed by atoms with Crippen molar-refractivity contribution in [1.29, 1.82) is 0 Å². The lowest BCUT2D eigenvalue weighted by Crippen LogP contribution is -2.40. The topological polar surface area (TPSA) is 70.8 Å². The van der Waals surface area contributed by atoms with Crippen molar-refractivity contribution >= 4 is 30.8 Å². The summed E-state index contributed by atoms with van der Waals surface area (Å²) in [5.41, 5.74) is 4.78. The van der Waals surface area contributed by atoms with E-state index in [0.717, 1.165) is 16.6 Å². The van der Waals surface area contributed by atoms with Crippen LogP contribution in [-0.2, 0) is 6.42 Å². The molecule has 0 aliphatic carbocycles. The highest BCUT2D eigenvalue weighted by Gasteiger charge is 2.32. The number of carbonyl (C=O) groups is 2. The molecule has 1 unspecified atom stereocenters. The molecule has 1 atom stereocenters. The number of aromatic nitrogens is 3. The number of rotatable bonds is 2. The number of carbonyl (C=O) groups excluding carboxylic acids is 2. The minimum atomic E-state index is -0.134. The van der Waals surface area contributed by atoms with Crippen molar-refractivity contribution in [3.05, 3.63) is 59.0 Å². The summed E-state index contributed by atoms with van der Waals surface area (Å²) in [4.78, 5) is 33.4. The summed E-state index contributed by atoms with van der Waals surface area (Å²) in [6.45, 7) is 2.54. The van der Waals surface area contributed by atoms with Crippen LogP contribution in [0.1, 0.15) is 44.9 Å². The van der Waals surface area contributed by atoms with Crippen molar-refractivity contribution in [2.45, 2.75) is 19.4 Å². The number of amides is 2. The predicted molar refractivity (Wildman–Crippen MR) is 109 cm³/mol. The molecule has 0 N–H and O–H groups in total. The molecule has 8 heteroatoms. The zero-order valence-corrected chi connectivity index (χ0v) is 16.5. The lowest BCUT2D eigenvalue weighted by molar-refractivity contribution is 0.0670. The van der Waals surface area contributed by atoms with Gasteiger partial charge in [0.15, 0.2) is 11.3 Å². The van der Waals surface area contributed by atoms with Crippen LogP contribution in [0.4, 0.5) is 0 Å². The SMILES string of the molecule is Bc1cnc2cc(C(=O)N3CCc4c(C(=O)N(C)C)cccc4C3C)nn2c1. The van der Waals surface area contributed by atoms with Gasteiger partial charge in [0.05, 0.1) is 6.04 Å². The van der Waals surface area contributed by atoms with E-state index in [4.69, 9.17) is 0 Å². The molecule has 1 aliphatic heterocycles. The first-order valence-corrected chi connectivity index (χ1v) is 9.33. The van der Waals surface area contributed by atoms with Crippen LogP contribution < -0.4 is 5.46 Å². The van der Waals surface area contributed by atoms with Crippen LogP contribution in [0.5, 0.6) is 0 Å². The maximum absolute atomic E-state index is 13.1. The van der Waals surface area contributed by atoms with Crippen LogP contribution >= 0.6 is 0 Å². The van der Waals surface area contributed by atoms with Crippen LogP contribution in [0.3, 0.4) is 0 Å². The fourth-order valence-corrected chi connectivity index (χ4v) is 3.81. The van der Waals surface area contributed by atoms with E-state index in [-0.39, 0.29) is 17.9 Å². The molecule has 1 aliphatic rings. The second kappa shape index (κ2) is 6.78. The van der Waals surface area contributed by atoms with Gasteiger partial charge in [0.25, 0.3) is 11.8 Å². The Hall–Kier alpha value is -3.16. The van der Waals surface area contributed by atoms with E-state index in [1.807, 2.05) is 44.1 Å². The van der Waals surface area contributed by atoms with Crippen molar-refractivity contribution in [2.24, 2.45) is 0 Å². The van der Waals surface area contributed by atoms with Gasteiger partial charge >= 0.3 is 0 Å². The van der Waals surface area contributed by atoms with Gasteiger partial charge in [-0.05, 0) is 30.5 Å². The predicted octanol–water partition coefficient (Wildman–Crippen LogP) is 0.449. The fraction of sp³-hybridized carbons (Fsp3) is 0.300. The first-order valence-electron chi connectivity index (χ1n) is 9.33. The van der Waals surface area contributed by atoms with Crippen molar-refractivity contribution < 1.29 is 9.59 Å². The smallest absolute Gasteiger partial charge is 0.274 e. The molecule has 0 bridgehead atoms. The molecular weight excluding hydrogens is 353 g/mol. The second-order valence-corrected chi connectivity index (χ2v) is 7.46. The normalized spacial score (nSPS) is 16.1. The van der Waals surface area contributed by atoms with E-state index in [0.29, 0.717) is 29.9 Å². The van der Waals surface area contributed by atoms with E-state index in [1.54, 1.807) is 35.8 Å². The van der Waals surface area contributed by atoms with E-state index in [2.05, 4.69) is 10.1 Å². The molecule has 1 aromatic carbocycles. The first-order chi connectivity index (χ1) is 13.4. The summed E-state index contributed by atoms with van der Waals surface area (Å²) in [7, 11) is 5.44. The lowest BCUT2D eigenvalue weighted by atomic mass is 9.89. The maximum atomic E-state index is 13.1. The highest BCUT2D eigenvalue weighted by atomic mass is 16.2. The fourth-order valence-electron chi connectivity index (χ4n) is 3.81. The molecule has 7 nitrogen and oxygen atoms in total. The molecule has 0 saturated carbocycles. The van der Waals surface area contributed by atoms with E-state index >= 15 is 0 Å². The van der Waals surface area contributed by atoms with Gasteiger partial charge in [0, 0.05) is 44.7 Å². The van der Waals surface area contributed by atoms with E-state index < -0.39 is 0 Å². The summed E-state index contributed by atoms with van der Waals surface area (Å²) in [6.07, 6.45) is 4.26. The van der Waals surface area contributed by atoms with E-state index in [1.165, 1.54) is 0 Å². The van der Waals surface area contributed by atoms with Crippen molar-refractivity contribution in [1.82, 2.24) is 24.4 Å². The van der Waals surface area contributed by atoms with Gasteiger partial charge in [-0.25, -0.2) is 9.50 Å². The summed E-state index contributed by atoms with van der Waals surface area (Å²) in [6, 6.07) is 7.33. The third-order valence-corrected chi connectivity index (χ3v) is 5.29. The second-order valence-electron chi connectivity index (χ2n) is 7.46. The summed E-state index contributed by atoms with van der Waals surface area (Å²) in [5.74, 6) is -0.128. The zero-order valence-electron chi connectivity index (χ0n) is 16.5. The monoisotopic (exact) mass is 375 g/mol. The lowest BCUT2D eigenvalue weighted by Gasteiger charge is -2.35. The molecule has 142 valence electrons. The Labute approximate surface area is 164 Å². The summed E-state index contributed by atoms with van der Waals surface area (Å²) < 4.78 is 1.64. The molecule has 2 aromatic heterocycles. The minimum Gasteiger partial charge on any atom is -0.345 e. The van der Waals surface area contributed by atoms with E-state index in [9.17, 15) is 9.59 Å². The van der Waals surface area contributed by atoms with Gasteiger partial charge in [-0.2, -0.15) is 5.10 Å². The summed E-state index contributed by atoms with van der Waals surface area (Å²) in [5, 5.41) is 4.41. The Balaban J connectivity index is 1.67. The van der Waals surface area contributed by atoms with Crippen LogP contribution in [0.2, 0.25) is 0 Å². The van der Waals surface area contributed by atoms with Gasteiger partial charge in [0.2, 0.25) is 0 Å². The average molecular weight is 375 g/mol. The quantitative estimate of drug-likeness (QED) is 0.610.